The maximum absolute atomic E-state index is 11.8. The zero-order chi connectivity index (χ0) is 9.80. The first-order valence-electron chi connectivity index (χ1n) is 4.66. The van der Waals surface area contributed by atoms with E-state index in [1.54, 1.807) is 23.2 Å². The Balaban J connectivity index is 2.07. The van der Waals surface area contributed by atoms with E-state index in [2.05, 4.69) is 4.98 Å². The Morgan fingerprint density at radius 1 is 1.50 bits per heavy atom. The molecule has 74 valence electrons. The molecule has 0 saturated carbocycles. The molecule has 1 saturated heterocycles. The van der Waals surface area contributed by atoms with Crippen molar-refractivity contribution in [1.82, 2.24) is 9.88 Å². The van der Waals surface area contributed by atoms with E-state index < -0.39 is 0 Å². The second kappa shape index (κ2) is 4.19. The molecule has 0 aromatic carbocycles. The van der Waals surface area contributed by atoms with Crippen LogP contribution in [-0.2, 0) is 4.74 Å². The molecular formula is C10H12N2O2. The van der Waals surface area contributed by atoms with Crippen molar-refractivity contribution < 1.29 is 9.53 Å². The average Bonchev–Trinajstić information content (AvgIpc) is 2.30. The first-order valence-corrected chi connectivity index (χ1v) is 4.66. The number of carbonyl (C=O) groups is 1. The predicted molar refractivity (Wildman–Crippen MR) is 50.7 cm³/mol. The van der Waals surface area contributed by atoms with Crippen molar-refractivity contribution in [3.8, 4) is 0 Å². The lowest BCUT2D eigenvalue weighted by Crippen LogP contribution is -2.38. The number of ether oxygens (including phenoxy) is 1. The quantitative estimate of drug-likeness (QED) is 0.664. The van der Waals surface area contributed by atoms with Gasteiger partial charge in [-0.05, 0) is 18.6 Å². The summed E-state index contributed by atoms with van der Waals surface area (Å²) in [7, 11) is 0. The maximum Gasteiger partial charge on any atom is 0.274 e. The topological polar surface area (TPSA) is 42.4 Å². The van der Waals surface area contributed by atoms with Crippen molar-refractivity contribution in [1.29, 1.82) is 0 Å². The number of amides is 1. The summed E-state index contributed by atoms with van der Waals surface area (Å²) in [6.07, 6.45) is 2.52. The van der Waals surface area contributed by atoms with E-state index in [4.69, 9.17) is 4.74 Å². The highest BCUT2D eigenvalue weighted by atomic mass is 16.5. The monoisotopic (exact) mass is 192 g/mol. The van der Waals surface area contributed by atoms with E-state index in [0.717, 1.165) is 19.6 Å². The molecule has 0 aliphatic carbocycles. The molecule has 4 heteroatoms. The molecule has 14 heavy (non-hydrogen) atoms. The number of carbonyl (C=O) groups excluding carboxylic acids is 1. The van der Waals surface area contributed by atoms with Gasteiger partial charge in [-0.1, -0.05) is 6.07 Å². The molecule has 0 atom stereocenters. The highest BCUT2D eigenvalue weighted by Crippen LogP contribution is 2.06. The Morgan fingerprint density at radius 3 is 3.07 bits per heavy atom. The van der Waals surface area contributed by atoms with Gasteiger partial charge in [0, 0.05) is 12.7 Å². The van der Waals surface area contributed by atoms with Crippen LogP contribution in [0.15, 0.2) is 24.4 Å². The van der Waals surface area contributed by atoms with Crippen LogP contribution in [-0.4, -0.2) is 35.7 Å². The van der Waals surface area contributed by atoms with Gasteiger partial charge in [0.2, 0.25) is 0 Å². The van der Waals surface area contributed by atoms with Crippen LogP contribution in [0, 0.1) is 0 Å². The highest BCUT2D eigenvalue weighted by molar-refractivity contribution is 5.92. The Hall–Kier alpha value is -1.42. The molecule has 0 unspecified atom stereocenters. The Bertz CT molecular complexity index is 307. The van der Waals surface area contributed by atoms with Crippen LogP contribution in [0.1, 0.15) is 16.9 Å². The largest absolute Gasteiger partial charge is 0.361 e. The molecule has 1 amide bonds. The highest BCUT2D eigenvalue weighted by Gasteiger charge is 2.18. The molecule has 0 N–H and O–H groups in total. The average molecular weight is 192 g/mol. The second-order valence-electron chi connectivity index (χ2n) is 3.17. The summed E-state index contributed by atoms with van der Waals surface area (Å²) in [5.74, 6) is -0.0506. The zero-order valence-electron chi connectivity index (χ0n) is 7.85. The van der Waals surface area contributed by atoms with Gasteiger partial charge in [-0.15, -0.1) is 0 Å². The minimum atomic E-state index is -0.0506. The van der Waals surface area contributed by atoms with Crippen molar-refractivity contribution in [3.05, 3.63) is 30.1 Å². The molecule has 0 spiro atoms. The van der Waals surface area contributed by atoms with Crippen molar-refractivity contribution >= 4 is 5.91 Å². The number of nitrogens with zero attached hydrogens (tertiary/aromatic N) is 2. The molecule has 1 aromatic heterocycles. The van der Waals surface area contributed by atoms with Gasteiger partial charge in [0.15, 0.2) is 0 Å². The SMILES string of the molecule is O=C(c1ccccn1)N1CCCOC1. The van der Waals surface area contributed by atoms with Crippen LogP contribution in [0.2, 0.25) is 0 Å². The summed E-state index contributed by atoms with van der Waals surface area (Å²) in [5, 5.41) is 0. The lowest BCUT2D eigenvalue weighted by Gasteiger charge is -2.26. The Kier molecular flexibility index (Phi) is 2.74. The predicted octanol–water partition coefficient (Wildman–Crippen LogP) is 0.902. The lowest BCUT2D eigenvalue weighted by atomic mass is 10.3. The summed E-state index contributed by atoms with van der Waals surface area (Å²) in [4.78, 5) is 17.5. The van der Waals surface area contributed by atoms with Gasteiger partial charge >= 0.3 is 0 Å². The van der Waals surface area contributed by atoms with Crippen molar-refractivity contribution in [2.75, 3.05) is 19.9 Å². The van der Waals surface area contributed by atoms with Crippen LogP contribution in [0.3, 0.4) is 0 Å². The molecule has 0 radical (unpaired) electrons. The number of rotatable bonds is 1. The van der Waals surface area contributed by atoms with E-state index >= 15 is 0 Å². The Labute approximate surface area is 82.5 Å². The summed E-state index contributed by atoms with van der Waals surface area (Å²) < 4.78 is 5.20. The van der Waals surface area contributed by atoms with E-state index in [9.17, 15) is 4.79 Å². The molecular weight excluding hydrogens is 180 g/mol. The molecule has 1 fully saturated rings. The van der Waals surface area contributed by atoms with Gasteiger partial charge in [-0.2, -0.15) is 0 Å². The smallest absolute Gasteiger partial charge is 0.274 e. The first-order chi connectivity index (χ1) is 6.88. The van der Waals surface area contributed by atoms with Crippen molar-refractivity contribution in [3.63, 3.8) is 0 Å². The van der Waals surface area contributed by atoms with Crippen LogP contribution >= 0.6 is 0 Å². The second-order valence-corrected chi connectivity index (χ2v) is 3.17. The third kappa shape index (κ3) is 1.90. The van der Waals surface area contributed by atoms with Crippen LogP contribution < -0.4 is 0 Å². The molecule has 2 heterocycles. The summed E-state index contributed by atoms with van der Waals surface area (Å²) >= 11 is 0. The third-order valence-electron chi connectivity index (χ3n) is 2.14. The van der Waals surface area contributed by atoms with Crippen molar-refractivity contribution in [2.24, 2.45) is 0 Å². The summed E-state index contributed by atoms with van der Waals surface area (Å²) in [6, 6.07) is 5.32. The summed E-state index contributed by atoms with van der Waals surface area (Å²) in [6.45, 7) is 1.89. The van der Waals surface area contributed by atoms with Gasteiger partial charge < -0.3 is 9.64 Å². The molecule has 1 aromatic rings. The molecule has 1 aliphatic rings. The molecule has 4 nitrogen and oxygen atoms in total. The number of hydrogen-bond donors (Lipinski definition) is 0. The van der Waals surface area contributed by atoms with Gasteiger partial charge in [0.05, 0.1) is 6.61 Å². The minimum absolute atomic E-state index is 0.0506. The number of hydrogen-bond acceptors (Lipinski definition) is 3. The fraction of sp³-hybridized carbons (Fsp3) is 0.400. The first kappa shape index (κ1) is 9.15. The standard InChI is InChI=1S/C10H12N2O2/c13-10(9-4-1-2-5-11-9)12-6-3-7-14-8-12/h1-2,4-5H,3,6-8H2. The minimum Gasteiger partial charge on any atom is -0.361 e. The number of aromatic nitrogens is 1. The van der Waals surface area contributed by atoms with Gasteiger partial charge in [0.1, 0.15) is 12.4 Å². The van der Waals surface area contributed by atoms with E-state index in [1.165, 1.54) is 0 Å². The summed E-state index contributed by atoms with van der Waals surface area (Å²) in [5.41, 5.74) is 0.484. The van der Waals surface area contributed by atoms with Crippen molar-refractivity contribution in [2.45, 2.75) is 6.42 Å². The van der Waals surface area contributed by atoms with Gasteiger partial charge in [-0.25, -0.2) is 0 Å². The normalized spacial score (nSPS) is 16.7. The van der Waals surface area contributed by atoms with E-state index in [0.29, 0.717) is 12.4 Å². The van der Waals surface area contributed by atoms with Crippen LogP contribution in [0.25, 0.3) is 0 Å². The Morgan fingerprint density at radius 2 is 2.43 bits per heavy atom. The number of pyridine rings is 1. The maximum atomic E-state index is 11.8. The van der Waals surface area contributed by atoms with E-state index in [1.807, 2.05) is 6.07 Å². The molecule has 0 bridgehead atoms. The molecule has 2 rings (SSSR count). The van der Waals surface area contributed by atoms with Gasteiger partial charge in [-0.3, -0.25) is 9.78 Å². The van der Waals surface area contributed by atoms with E-state index in [-0.39, 0.29) is 5.91 Å². The van der Waals surface area contributed by atoms with Gasteiger partial charge in [0.25, 0.3) is 5.91 Å². The third-order valence-corrected chi connectivity index (χ3v) is 2.14. The van der Waals surface area contributed by atoms with Crippen LogP contribution in [0.4, 0.5) is 0 Å². The fourth-order valence-corrected chi connectivity index (χ4v) is 1.41. The lowest BCUT2D eigenvalue weighted by molar-refractivity contribution is -0.00603. The fourth-order valence-electron chi connectivity index (χ4n) is 1.41. The zero-order valence-corrected chi connectivity index (χ0v) is 7.85. The van der Waals surface area contributed by atoms with Crippen LogP contribution in [0.5, 0.6) is 0 Å². The molecule has 1 aliphatic heterocycles.